The third-order valence-electron chi connectivity index (χ3n) is 5.05. The van der Waals surface area contributed by atoms with E-state index in [1.54, 1.807) is 30.3 Å². The van der Waals surface area contributed by atoms with E-state index in [4.69, 9.17) is 4.42 Å². The van der Waals surface area contributed by atoms with Crippen molar-refractivity contribution in [2.45, 2.75) is 13.8 Å². The number of anilines is 1. The Morgan fingerprint density at radius 3 is 2.68 bits per heavy atom. The van der Waals surface area contributed by atoms with Gasteiger partial charge in [0.05, 0.1) is 15.9 Å². The molecule has 8 heteroatoms. The molecule has 0 atom stereocenters. The molecule has 7 nitrogen and oxygen atoms in total. The number of carbonyl (C=O) groups is 3. The Kier molecular flexibility index (Phi) is 5.48. The zero-order valence-corrected chi connectivity index (χ0v) is 17.6. The number of rotatable bonds is 4. The van der Waals surface area contributed by atoms with Crippen LogP contribution in [0.1, 0.15) is 16.7 Å². The lowest BCUT2D eigenvalue weighted by Gasteiger charge is -2.14. The molecule has 0 radical (unpaired) electrons. The molecule has 0 saturated carbocycles. The molecule has 1 N–H and O–H groups in total. The van der Waals surface area contributed by atoms with E-state index in [2.05, 4.69) is 5.32 Å². The number of hydrogen-bond acceptors (Lipinski definition) is 6. The first-order valence-electron chi connectivity index (χ1n) is 9.47. The third-order valence-corrected chi connectivity index (χ3v) is 5.95. The van der Waals surface area contributed by atoms with Gasteiger partial charge in [0.1, 0.15) is 18.4 Å². The SMILES string of the molecule is Cc1cccc(NC(=O)CN2C(=O)S/C(=C\c3coc4ccccc4c3=O)C2=O)c1C. The molecule has 3 amide bonds. The summed E-state index contributed by atoms with van der Waals surface area (Å²) in [6, 6.07) is 12.3. The monoisotopic (exact) mass is 434 g/mol. The van der Waals surface area contributed by atoms with Crippen molar-refractivity contribution in [2.75, 3.05) is 11.9 Å². The zero-order chi connectivity index (χ0) is 22.1. The average Bonchev–Trinajstić information content (AvgIpc) is 3.01. The number of nitrogens with zero attached hydrogens (tertiary/aromatic N) is 1. The van der Waals surface area contributed by atoms with Crippen molar-refractivity contribution in [3.8, 4) is 0 Å². The summed E-state index contributed by atoms with van der Waals surface area (Å²) in [5.74, 6) is -1.11. The highest BCUT2D eigenvalue weighted by Gasteiger charge is 2.36. The summed E-state index contributed by atoms with van der Waals surface area (Å²) in [7, 11) is 0. The summed E-state index contributed by atoms with van der Waals surface area (Å²) in [5, 5.41) is 2.54. The van der Waals surface area contributed by atoms with Crippen molar-refractivity contribution in [3.05, 3.63) is 80.5 Å². The van der Waals surface area contributed by atoms with E-state index in [0.717, 1.165) is 16.0 Å². The van der Waals surface area contributed by atoms with Crippen LogP contribution in [0.3, 0.4) is 0 Å². The number of benzene rings is 2. The fourth-order valence-electron chi connectivity index (χ4n) is 3.19. The molecule has 31 heavy (non-hydrogen) atoms. The minimum atomic E-state index is -0.626. The predicted molar refractivity (Wildman–Crippen MR) is 120 cm³/mol. The van der Waals surface area contributed by atoms with Gasteiger partial charge in [0.2, 0.25) is 5.91 Å². The summed E-state index contributed by atoms with van der Waals surface area (Å²) >= 11 is 0.683. The van der Waals surface area contributed by atoms with Crippen LogP contribution in [0.15, 0.2) is 62.8 Å². The molecule has 1 fully saturated rings. The van der Waals surface area contributed by atoms with Gasteiger partial charge in [-0.25, -0.2) is 0 Å². The molecule has 0 spiro atoms. The molecule has 4 rings (SSSR count). The number of imide groups is 1. The highest BCUT2D eigenvalue weighted by Crippen LogP contribution is 2.32. The lowest BCUT2D eigenvalue weighted by Crippen LogP contribution is -2.36. The van der Waals surface area contributed by atoms with Crippen LogP contribution < -0.4 is 10.7 Å². The highest BCUT2D eigenvalue weighted by molar-refractivity contribution is 8.18. The summed E-state index contributed by atoms with van der Waals surface area (Å²) < 4.78 is 5.45. The van der Waals surface area contributed by atoms with Crippen molar-refractivity contribution < 1.29 is 18.8 Å². The second-order valence-corrected chi connectivity index (χ2v) is 8.07. The Bertz CT molecular complexity index is 1330. The van der Waals surface area contributed by atoms with Crippen molar-refractivity contribution in [1.29, 1.82) is 0 Å². The normalized spacial score (nSPS) is 15.2. The maximum absolute atomic E-state index is 12.7. The summed E-state index contributed by atoms with van der Waals surface area (Å²) in [5.41, 5.74) is 2.83. The number of aryl methyl sites for hydroxylation is 1. The Balaban J connectivity index is 1.54. The number of amides is 3. The molecule has 2 aromatic carbocycles. The molecule has 1 saturated heterocycles. The van der Waals surface area contributed by atoms with E-state index < -0.39 is 23.6 Å². The number of fused-ring (bicyclic) bond motifs is 1. The molecular formula is C23H18N2O5S. The van der Waals surface area contributed by atoms with Crippen molar-refractivity contribution in [1.82, 2.24) is 4.90 Å². The van der Waals surface area contributed by atoms with Gasteiger partial charge in [-0.1, -0.05) is 24.3 Å². The van der Waals surface area contributed by atoms with Gasteiger partial charge < -0.3 is 9.73 Å². The van der Waals surface area contributed by atoms with Gasteiger partial charge >= 0.3 is 0 Å². The maximum atomic E-state index is 12.7. The first kappa shape index (κ1) is 20.6. The summed E-state index contributed by atoms with van der Waals surface area (Å²) in [6.07, 6.45) is 2.58. The Morgan fingerprint density at radius 1 is 1.10 bits per heavy atom. The third kappa shape index (κ3) is 4.02. The van der Waals surface area contributed by atoms with Gasteiger partial charge in [0.15, 0.2) is 5.43 Å². The second kappa shape index (κ2) is 8.23. The minimum absolute atomic E-state index is 0.0621. The zero-order valence-electron chi connectivity index (χ0n) is 16.8. The lowest BCUT2D eigenvalue weighted by molar-refractivity contribution is -0.127. The first-order valence-corrected chi connectivity index (χ1v) is 10.3. The Morgan fingerprint density at radius 2 is 1.87 bits per heavy atom. The standard InChI is InChI=1S/C23H18N2O5S/c1-13-6-5-8-17(14(13)2)24-20(26)11-25-22(28)19(31-23(25)29)10-15-12-30-18-9-4-3-7-16(18)21(15)27/h3-10,12H,11H2,1-2H3,(H,24,26)/b19-10-. The van der Waals surface area contributed by atoms with Gasteiger partial charge in [-0.2, -0.15) is 0 Å². The van der Waals surface area contributed by atoms with Gasteiger partial charge in [-0.05, 0) is 61.0 Å². The molecule has 1 aromatic heterocycles. The van der Waals surface area contributed by atoms with Crippen LogP contribution in [-0.2, 0) is 9.59 Å². The van der Waals surface area contributed by atoms with E-state index in [9.17, 15) is 19.2 Å². The molecule has 2 heterocycles. The molecule has 0 unspecified atom stereocenters. The summed E-state index contributed by atoms with van der Waals surface area (Å²) in [6.45, 7) is 3.39. The lowest BCUT2D eigenvalue weighted by atomic mass is 10.1. The number of hydrogen-bond donors (Lipinski definition) is 1. The van der Waals surface area contributed by atoms with Crippen LogP contribution in [0.2, 0.25) is 0 Å². The van der Waals surface area contributed by atoms with E-state index in [0.29, 0.717) is 28.4 Å². The topological polar surface area (TPSA) is 96.7 Å². The maximum Gasteiger partial charge on any atom is 0.294 e. The molecule has 156 valence electrons. The molecule has 1 aliphatic heterocycles. The number of nitrogens with one attached hydrogen (secondary N) is 1. The molecule has 1 aliphatic rings. The van der Waals surface area contributed by atoms with Crippen LogP contribution in [0.5, 0.6) is 0 Å². The first-order chi connectivity index (χ1) is 14.8. The minimum Gasteiger partial charge on any atom is -0.463 e. The Hall–Kier alpha value is -3.65. The molecule has 0 bridgehead atoms. The number of para-hydroxylation sites is 1. The predicted octanol–water partition coefficient (Wildman–Crippen LogP) is 4.08. The smallest absolute Gasteiger partial charge is 0.294 e. The summed E-state index contributed by atoms with van der Waals surface area (Å²) in [4.78, 5) is 51.0. The fraction of sp³-hybridized carbons (Fsp3) is 0.130. The van der Waals surface area contributed by atoms with Gasteiger partial charge in [0, 0.05) is 5.69 Å². The van der Waals surface area contributed by atoms with Crippen LogP contribution in [-0.4, -0.2) is 28.5 Å². The fourth-order valence-corrected chi connectivity index (χ4v) is 4.02. The van der Waals surface area contributed by atoms with Crippen LogP contribution in [0, 0.1) is 13.8 Å². The molecule has 0 aliphatic carbocycles. The van der Waals surface area contributed by atoms with Crippen LogP contribution in [0.4, 0.5) is 10.5 Å². The van der Waals surface area contributed by atoms with Crippen molar-refractivity contribution in [3.63, 3.8) is 0 Å². The van der Waals surface area contributed by atoms with E-state index in [-0.39, 0.29) is 15.9 Å². The van der Waals surface area contributed by atoms with E-state index in [1.165, 1.54) is 12.3 Å². The van der Waals surface area contributed by atoms with Gasteiger partial charge in [0.25, 0.3) is 11.1 Å². The molecule has 3 aromatic rings. The average molecular weight is 434 g/mol. The number of thioether (sulfide) groups is 1. The van der Waals surface area contributed by atoms with Gasteiger partial charge in [-0.3, -0.25) is 24.1 Å². The van der Waals surface area contributed by atoms with Gasteiger partial charge in [-0.15, -0.1) is 0 Å². The Labute approximate surface area is 181 Å². The second-order valence-electron chi connectivity index (χ2n) is 7.08. The largest absolute Gasteiger partial charge is 0.463 e. The van der Waals surface area contributed by atoms with E-state index >= 15 is 0 Å². The quantitative estimate of drug-likeness (QED) is 0.622. The van der Waals surface area contributed by atoms with E-state index in [1.807, 2.05) is 26.0 Å². The van der Waals surface area contributed by atoms with Crippen molar-refractivity contribution in [2.24, 2.45) is 0 Å². The molecular weight excluding hydrogens is 416 g/mol. The number of carbonyl (C=O) groups excluding carboxylic acids is 3. The van der Waals surface area contributed by atoms with Crippen LogP contribution in [0.25, 0.3) is 17.0 Å². The van der Waals surface area contributed by atoms with Crippen LogP contribution >= 0.6 is 11.8 Å². The van der Waals surface area contributed by atoms with Crippen molar-refractivity contribution >= 4 is 51.5 Å². The highest BCUT2D eigenvalue weighted by atomic mass is 32.2.